The van der Waals surface area contributed by atoms with Crippen LogP contribution in [0.5, 0.6) is 5.75 Å². The zero-order valence-corrected chi connectivity index (χ0v) is 18.5. The van der Waals surface area contributed by atoms with Crippen LogP contribution in [-0.4, -0.2) is 28.7 Å². The number of aliphatic hydroxyl groups excluding tert-OH is 1. The predicted molar refractivity (Wildman–Crippen MR) is 131 cm³/mol. The molecule has 0 saturated carbocycles. The maximum atomic E-state index is 12.2. The lowest BCUT2D eigenvalue weighted by Crippen LogP contribution is -2.18. The molecule has 5 heteroatoms. The smallest absolute Gasteiger partial charge is 0.224 e. The molecule has 0 aliphatic heterocycles. The summed E-state index contributed by atoms with van der Waals surface area (Å²) in [5, 5.41) is 15.3. The first kappa shape index (κ1) is 22.5. The maximum Gasteiger partial charge on any atom is 0.224 e. The fourth-order valence-corrected chi connectivity index (χ4v) is 3.68. The average molecular weight is 441 g/mol. The van der Waals surface area contributed by atoms with Gasteiger partial charge in [0.1, 0.15) is 12.4 Å². The second-order valence-corrected chi connectivity index (χ2v) is 8.12. The Bertz CT molecular complexity index is 1180. The molecule has 3 aromatic carbocycles. The van der Waals surface area contributed by atoms with Crippen LogP contribution in [-0.2, 0) is 17.6 Å². The van der Waals surface area contributed by atoms with E-state index in [0.29, 0.717) is 19.3 Å². The number of benzene rings is 3. The van der Waals surface area contributed by atoms with Crippen LogP contribution in [0, 0.1) is 0 Å². The van der Waals surface area contributed by atoms with Crippen molar-refractivity contribution in [3.05, 3.63) is 102 Å². The third-order valence-corrected chi connectivity index (χ3v) is 5.51. The lowest BCUT2D eigenvalue weighted by Gasteiger charge is -2.13. The molecule has 1 amide bonds. The van der Waals surface area contributed by atoms with E-state index in [9.17, 15) is 9.90 Å². The Morgan fingerprint density at radius 3 is 2.55 bits per heavy atom. The molecule has 4 aromatic rings. The van der Waals surface area contributed by atoms with Gasteiger partial charge in [-0.25, -0.2) is 0 Å². The molecule has 0 aliphatic rings. The molecule has 0 fully saturated rings. The van der Waals surface area contributed by atoms with Crippen LogP contribution in [0.3, 0.4) is 0 Å². The minimum Gasteiger partial charge on any atom is -0.491 e. The third kappa shape index (κ3) is 6.89. The van der Waals surface area contributed by atoms with E-state index in [2.05, 4.69) is 16.4 Å². The van der Waals surface area contributed by atoms with Gasteiger partial charge >= 0.3 is 0 Å². The molecule has 33 heavy (non-hydrogen) atoms. The van der Waals surface area contributed by atoms with Crippen molar-refractivity contribution in [1.29, 1.82) is 0 Å². The molecular formula is C28H28N2O3. The number of carbonyl (C=O) groups is 1. The molecule has 2 N–H and O–H groups in total. The molecule has 0 radical (unpaired) electrons. The fraction of sp³-hybridized carbons (Fsp3) is 0.214. The quantitative estimate of drug-likeness (QED) is 0.357. The minimum atomic E-state index is -0.537. The van der Waals surface area contributed by atoms with E-state index in [1.165, 1.54) is 0 Å². The van der Waals surface area contributed by atoms with Gasteiger partial charge in [0.15, 0.2) is 0 Å². The van der Waals surface area contributed by atoms with Gasteiger partial charge < -0.3 is 15.2 Å². The highest BCUT2D eigenvalue weighted by molar-refractivity contribution is 5.91. The van der Waals surface area contributed by atoms with Crippen LogP contribution in [0.2, 0.25) is 0 Å². The molecule has 1 atom stereocenters. The lowest BCUT2D eigenvalue weighted by molar-refractivity contribution is -0.116. The van der Waals surface area contributed by atoms with Crippen molar-refractivity contribution in [1.82, 2.24) is 4.98 Å². The number of carbonyl (C=O) groups excluding carboxylic acids is 1. The predicted octanol–water partition coefficient (Wildman–Crippen LogP) is 5.18. The number of amides is 1. The van der Waals surface area contributed by atoms with E-state index in [4.69, 9.17) is 4.74 Å². The van der Waals surface area contributed by atoms with Gasteiger partial charge in [0.05, 0.1) is 6.10 Å². The minimum absolute atomic E-state index is 0.00660. The van der Waals surface area contributed by atoms with Crippen LogP contribution in [0.4, 0.5) is 5.69 Å². The summed E-state index contributed by atoms with van der Waals surface area (Å²) in [6.45, 7) is 0.250. The van der Waals surface area contributed by atoms with Gasteiger partial charge in [-0.05, 0) is 71.5 Å². The van der Waals surface area contributed by atoms with Gasteiger partial charge in [0, 0.05) is 24.5 Å². The molecule has 168 valence electrons. The number of hydrogen-bond donors (Lipinski definition) is 2. The highest BCUT2D eigenvalue weighted by Crippen LogP contribution is 2.23. The van der Waals surface area contributed by atoms with Crippen LogP contribution in [0.15, 0.2) is 91.3 Å². The maximum absolute atomic E-state index is 12.2. The van der Waals surface area contributed by atoms with Crippen molar-refractivity contribution < 1.29 is 14.6 Å². The summed E-state index contributed by atoms with van der Waals surface area (Å²) in [7, 11) is 0. The molecule has 0 bridgehead atoms. The Kier molecular flexibility index (Phi) is 7.67. The molecule has 0 saturated heterocycles. The van der Waals surface area contributed by atoms with Crippen molar-refractivity contribution in [3.63, 3.8) is 0 Å². The van der Waals surface area contributed by atoms with Gasteiger partial charge in [-0.3, -0.25) is 9.78 Å². The van der Waals surface area contributed by atoms with E-state index in [1.807, 2.05) is 79.0 Å². The van der Waals surface area contributed by atoms with Gasteiger partial charge in [0.2, 0.25) is 5.91 Å². The number of nitrogens with one attached hydrogen (secondary N) is 1. The number of hydrogen-bond acceptors (Lipinski definition) is 4. The van der Waals surface area contributed by atoms with Gasteiger partial charge in [-0.2, -0.15) is 0 Å². The van der Waals surface area contributed by atoms with E-state index >= 15 is 0 Å². The van der Waals surface area contributed by atoms with E-state index in [1.54, 1.807) is 6.20 Å². The van der Waals surface area contributed by atoms with Crippen molar-refractivity contribution in [3.8, 4) is 5.75 Å². The SMILES string of the molecule is O=C(CCc1ccc2cc(OC[C@H](O)CCc3cccnc3)ccc2c1)Nc1ccccc1. The summed E-state index contributed by atoms with van der Waals surface area (Å²) in [4.78, 5) is 16.3. The first-order chi connectivity index (χ1) is 16.2. The van der Waals surface area contributed by atoms with Crippen LogP contribution < -0.4 is 10.1 Å². The molecule has 1 heterocycles. The number of ether oxygens (including phenoxy) is 1. The first-order valence-electron chi connectivity index (χ1n) is 11.2. The van der Waals surface area contributed by atoms with Crippen LogP contribution in [0.1, 0.15) is 24.0 Å². The van der Waals surface area contributed by atoms with Crippen molar-refractivity contribution >= 4 is 22.4 Å². The standard InChI is InChI=1S/C28H28N2O3/c31-26(13-9-22-5-4-16-29-19-22)20-33-27-14-12-23-17-21(8-11-24(23)18-27)10-15-28(32)30-25-6-2-1-3-7-25/h1-8,11-12,14,16-19,26,31H,9-10,13,15,20H2,(H,30,32)/t26-/m1/s1. The largest absolute Gasteiger partial charge is 0.491 e. The molecule has 0 aliphatic carbocycles. The molecular weight excluding hydrogens is 412 g/mol. The summed E-state index contributed by atoms with van der Waals surface area (Å²) >= 11 is 0. The molecule has 4 rings (SSSR count). The van der Waals surface area contributed by atoms with Gasteiger partial charge in [-0.15, -0.1) is 0 Å². The van der Waals surface area contributed by atoms with Crippen molar-refractivity contribution in [2.45, 2.75) is 31.8 Å². The van der Waals surface area contributed by atoms with Crippen molar-refractivity contribution in [2.75, 3.05) is 11.9 Å². The highest BCUT2D eigenvalue weighted by Gasteiger charge is 2.08. The van der Waals surface area contributed by atoms with Crippen LogP contribution >= 0.6 is 0 Å². The van der Waals surface area contributed by atoms with Gasteiger partial charge in [0.25, 0.3) is 0 Å². The number of anilines is 1. The van der Waals surface area contributed by atoms with Gasteiger partial charge in [-0.1, -0.05) is 48.5 Å². The summed E-state index contributed by atoms with van der Waals surface area (Å²) in [5.74, 6) is 0.741. The lowest BCUT2D eigenvalue weighted by atomic mass is 10.0. The normalized spacial score (nSPS) is 11.8. The van der Waals surface area contributed by atoms with Crippen molar-refractivity contribution in [2.24, 2.45) is 0 Å². The molecule has 0 unspecified atom stereocenters. The Morgan fingerprint density at radius 2 is 1.73 bits per heavy atom. The van der Waals surface area contributed by atoms with Crippen LogP contribution in [0.25, 0.3) is 10.8 Å². The zero-order chi connectivity index (χ0) is 22.9. The monoisotopic (exact) mass is 440 g/mol. The Labute approximate surface area is 194 Å². The second kappa shape index (κ2) is 11.2. The second-order valence-electron chi connectivity index (χ2n) is 8.12. The topological polar surface area (TPSA) is 71.5 Å². The number of pyridine rings is 1. The number of aliphatic hydroxyl groups is 1. The first-order valence-corrected chi connectivity index (χ1v) is 11.2. The fourth-order valence-electron chi connectivity index (χ4n) is 3.68. The summed E-state index contributed by atoms with van der Waals surface area (Å²) in [6, 6.07) is 25.5. The third-order valence-electron chi connectivity index (χ3n) is 5.51. The number of rotatable bonds is 10. The number of aromatic nitrogens is 1. The van der Waals surface area contributed by atoms with E-state index < -0.39 is 6.10 Å². The number of nitrogens with zero attached hydrogens (tertiary/aromatic N) is 1. The number of aryl methyl sites for hydroxylation is 2. The van der Waals surface area contributed by atoms with E-state index in [0.717, 1.165) is 39.8 Å². The highest BCUT2D eigenvalue weighted by atomic mass is 16.5. The molecule has 1 aromatic heterocycles. The molecule has 0 spiro atoms. The number of fused-ring (bicyclic) bond motifs is 1. The Morgan fingerprint density at radius 1 is 0.909 bits per heavy atom. The molecule has 5 nitrogen and oxygen atoms in total. The average Bonchev–Trinajstić information content (AvgIpc) is 2.86. The number of para-hydroxylation sites is 1. The Balaban J connectivity index is 1.27. The zero-order valence-electron chi connectivity index (χ0n) is 18.5. The summed E-state index contributed by atoms with van der Waals surface area (Å²) in [5.41, 5.74) is 3.04. The summed E-state index contributed by atoms with van der Waals surface area (Å²) in [6.07, 6.45) is 5.53. The Hall–Kier alpha value is -3.70. The van der Waals surface area contributed by atoms with E-state index in [-0.39, 0.29) is 12.5 Å². The summed E-state index contributed by atoms with van der Waals surface area (Å²) < 4.78 is 5.81.